The van der Waals surface area contributed by atoms with Gasteiger partial charge < -0.3 is 10.5 Å². The first-order chi connectivity index (χ1) is 3.72. The van der Waals surface area contributed by atoms with Gasteiger partial charge >= 0.3 is 0 Å². The Hall–Kier alpha value is -0.570. The first-order valence-electron chi connectivity index (χ1n) is 2.62. The SMILES string of the molecule is C[C@@H]1CO[C@@H]1C(N)=O. The zero-order valence-electron chi connectivity index (χ0n) is 4.76. The smallest absolute Gasteiger partial charge is 0.246 e. The Kier molecular flexibility index (Phi) is 1.21. The van der Waals surface area contributed by atoms with Crippen LogP contribution < -0.4 is 5.73 Å². The van der Waals surface area contributed by atoms with Gasteiger partial charge in [-0.1, -0.05) is 6.92 Å². The van der Waals surface area contributed by atoms with Crippen molar-refractivity contribution >= 4 is 5.91 Å². The molecule has 46 valence electrons. The molecule has 0 aliphatic carbocycles. The van der Waals surface area contributed by atoms with E-state index in [4.69, 9.17) is 10.5 Å². The summed E-state index contributed by atoms with van der Waals surface area (Å²) in [5.74, 6) is -0.0174. The Labute approximate surface area is 47.8 Å². The Bertz CT molecular complexity index is 113. The van der Waals surface area contributed by atoms with Crippen molar-refractivity contribution in [1.82, 2.24) is 0 Å². The average Bonchev–Trinajstić information content (AvgIpc) is 1.61. The molecule has 0 unspecified atom stereocenters. The van der Waals surface area contributed by atoms with Crippen molar-refractivity contribution in [3.63, 3.8) is 0 Å². The maximum absolute atomic E-state index is 10.3. The first kappa shape index (κ1) is 5.56. The summed E-state index contributed by atoms with van der Waals surface area (Å²) in [7, 11) is 0. The number of ether oxygens (including phenoxy) is 1. The number of hydrogen-bond acceptors (Lipinski definition) is 2. The molecule has 0 aromatic heterocycles. The van der Waals surface area contributed by atoms with Crippen molar-refractivity contribution in [2.24, 2.45) is 11.7 Å². The van der Waals surface area contributed by atoms with Crippen LogP contribution in [0.5, 0.6) is 0 Å². The fourth-order valence-electron chi connectivity index (χ4n) is 0.747. The summed E-state index contributed by atoms with van der Waals surface area (Å²) in [4.78, 5) is 10.3. The number of primary amides is 1. The molecule has 0 radical (unpaired) electrons. The van der Waals surface area contributed by atoms with E-state index in [2.05, 4.69) is 0 Å². The number of rotatable bonds is 1. The monoisotopic (exact) mass is 115 g/mol. The lowest BCUT2D eigenvalue weighted by Crippen LogP contribution is -2.47. The fourth-order valence-corrected chi connectivity index (χ4v) is 0.747. The summed E-state index contributed by atoms with van der Waals surface area (Å²) >= 11 is 0. The summed E-state index contributed by atoms with van der Waals surface area (Å²) in [5.41, 5.74) is 4.92. The summed E-state index contributed by atoms with van der Waals surface area (Å²) in [6, 6.07) is 0. The van der Waals surface area contributed by atoms with Gasteiger partial charge in [-0.3, -0.25) is 4.79 Å². The predicted octanol–water partition coefficient (Wildman–Crippen LogP) is -0.493. The molecule has 0 aromatic carbocycles. The van der Waals surface area contributed by atoms with Gasteiger partial charge in [-0.15, -0.1) is 0 Å². The molecular weight excluding hydrogens is 106 g/mol. The lowest BCUT2D eigenvalue weighted by atomic mass is 10.0. The molecule has 1 aliphatic rings. The molecule has 0 spiro atoms. The number of nitrogens with two attached hydrogens (primary N) is 1. The lowest BCUT2D eigenvalue weighted by Gasteiger charge is -2.30. The molecule has 3 heteroatoms. The second kappa shape index (κ2) is 1.74. The van der Waals surface area contributed by atoms with Gasteiger partial charge in [-0.25, -0.2) is 0 Å². The van der Waals surface area contributed by atoms with E-state index in [1.807, 2.05) is 6.92 Å². The van der Waals surface area contributed by atoms with Crippen LogP contribution in [0.25, 0.3) is 0 Å². The summed E-state index contributed by atoms with van der Waals surface area (Å²) in [5, 5.41) is 0. The summed E-state index contributed by atoms with van der Waals surface area (Å²) in [6.07, 6.45) is -0.310. The molecule has 0 bridgehead atoms. The minimum atomic E-state index is -0.344. The van der Waals surface area contributed by atoms with E-state index in [-0.39, 0.29) is 12.0 Å². The van der Waals surface area contributed by atoms with Crippen LogP contribution in [0.4, 0.5) is 0 Å². The van der Waals surface area contributed by atoms with Crippen LogP contribution in [0.2, 0.25) is 0 Å². The van der Waals surface area contributed by atoms with Gasteiger partial charge in [0.25, 0.3) is 0 Å². The third-order valence-electron chi connectivity index (χ3n) is 1.34. The molecule has 3 nitrogen and oxygen atoms in total. The van der Waals surface area contributed by atoms with Crippen LogP contribution in [0.1, 0.15) is 6.92 Å². The van der Waals surface area contributed by atoms with Gasteiger partial charge in [0, 0.05) is 5.92 Å². The quantitative estimate of drug-likeness (QED) is 0.501. The molecule has 0 saturated carbocycles. The van der Waals surface area contributed by atoms with E-state index in [0.717, 1.165) is 0 Å². The largest absolute Gasteiger partial charge is 0.368 e. The highest BCUT2D eigenvalue weighted by Crippen LogP contribution is 2.17. The van der Waals surface area contributed by atoms with E-state index in [1.54, 1.807) is 0 Å². The molecule has 1 fully saturated rings. The molecule has 8 heavy (non-hydrogen) atoms. The zero-order valence-corrected chi connectivity index (χ0v) is 4.76. The predicted molar refractivity (Wildman–Crippen MR) is 28.1 cm³/mol. The maximum atomic E-state index is 10.3. The van der Waals surface area contributed by atoms with Gasteiger partial charge in [0.15, 0.2) is 0 Å². The molecule has 0 aromatic rings. The Balaban J connectivity index is 2.37. The van der Waals surface area contributed by atoms with Gasteiger partial charge in [0.05, 0.1) is 6.61 Å². The van der Waals surface area contributed by atoms with Crippen LogP contribution in [0.3, 0.4) is 0 Å². The molecule has 2 atom stereocenters. The van der Waals surface area contributed by atoms with E-state index in [0.29, 0.717) is 12.5 Å². The third-order valence-corrected chi connectivity index (χ3v) is 1.34. The average molecular weight is 115 g/mol. The van der Waals surface area contributed by atoms with Crippen molar-refractivity contribution in [2.75, 3.05) is 6.61 Å². The van der Waals surface area contributed by atoms with Crippen molar-refractivity contribution in [3.8, 4) is 0 Å². The van der Waals surface area contributed by atoms with Crippen LogP contribution in [0.15, 0.2) is 0 Å². The van der Waals surface area contributed by atoms with Crippen molar-refractivity contribution in [1.29, 1.82) is 0 Å². The van der Waals surface area contributed by atoms with Crippen molar-refractivity contribution in [2.45, 2.75) is 13.0 Å². The minimum absolute atomic E-state index is 0.310. The molecule has 2 N–H and O–H groups in total. The maximum Gasteiger partial charge on any atom is 0.246 e. The molecular formula is C5H9NO2. The van der Waals surface area contributed by atoms with Gasteiger partial charge in [0.1, 0.15) is 6.10 Å². The molecule has 1 amide bonds. The van der Waals surface area contributed by atoms with E-state index < -0.39 is 0 Å². The lowest BCUT2D eigenvalue weighted by molar-refractivity contribution is -0.154. The second-order valence-corrected chi connectivity index (χ2v) is 2.13. The van der Waals surface area contributed by atoms with Crippen molar-refractivity contribution < 1.29 is 9.53 Å². The topological polar surface area (TPSA) is 52.3 Å². The third kappa shape index (κ3) is 0.690. The van der Waals surface area contributed by atoms with Crippen molar-refractivity contribution in [3.05, 3.63) is 0 Å². The highest BCUT2D eigenvalue weighted by molar-refractivity contribution is 5.79. The van der Waals surface area contributed by atoms with Crippen LogP contribution in [0, 0.1) is 5.92 Å². The summed E-state index contributed by atoms with van der Waals surface area (Å²) in [6.45, 7) is 2.62. The second-order valence-electron chi connectivity index (χ2n) is 2.13. The zero-order chi connectivity index (χ0) is 6.15. The summed E-state index contributed by atoms with van der Waals surface area (Å²) < 4.78 is 4.83. The molecule has 1 aliphatic heterocycles. The number of amides is 1. The van der Waals surface area contributed by atoms with E-state index in [1.165, 1.54) is 0 Å². The Morgan fingerprint density at radius 1 is 1.88 bits per heavy atom. The highest BCUT2D eigenvalue weighted by Gasteiger charge is 2.32. The van der Waals surface area contributed by atoms with E-state index >= 15 is 0 Å². The van der Waals surface area contributed by atoms with Gasteiger partial charge in [-0.2, -0.15) is 0 Å². The fraction of sp³-hybridized carbons (Fsp3) is 0.800. The Morgan fingerprint density at radius 2 is 2.50 bits per heavy atom. The van der Waals surface area contributed by atoms with E-state index in [9.17, 15) is 4.79 Å². The highest BCUT2D eigenvalue weighted by atomic mass is 16.5. The Morgan fingerprint density at radius 3 is 2.50 bits per heavy atom. The number of carbonyl (C=O) groups is 1. The number of carbonyl (C=O) groups excluding carboxylic acids is 1. The minimum Gasteiger partial charge on any atom is -0.368 e. The standard InChI is InChI=1S/C5H9NO2/c1-3-2-8-4(3)5(6)7/h3-4H,2H2,1H3,(H2,6,7)/t3-,4+/m1/s1. The molecule has 1 heterocycles. The molecule has 1 saturated heterocycles. The van der Waals surface area contributed by atoms with Crippen LogP contribution in [-0.4, -0.2) is 18.6 Å². The van der Waals surface area contributed by atoms with Gasteiger partial charge in [-0.05, 0) is 0 Å². The first-order valence-corrected chi connectivity index (χ1v) is 2.62. The van der Waals surface area contributed by atoms with Crippen LogP contribution >= 0.6 is 0 Å². The van der Waals surface area contributed by atoms with Gasteiger partial charge in [0.2, 0.25) is 5.91 Å². The van der Waals surface area contributed by atoms with Crippen LogP contribution in [-0.2, 0) is 9.53 Å². The number of hydrogen-bond donors (Lipinski definition) is 1. The molecule has 1 rings (SSSR count). The normalized spacial score (nSPS) is 36.1.